The number of pyridine rings is 1. The third kappa shape index (κ3) is 5.41. The molecule has 1 aliphatic heterocycles. The molecule has 1 aliphatic rings. The fourth-order valence-electron chi connectivity index (χ4n) is 4.52. The molecule has 0 saturated carbocycles. The minimum absolute atomic E-state index is 0.137. The van der Waals surface area contributed by atoms with Crippen LogP contribution in [0.4, 0.5) is 5.69 Å². The lowest BCUT2D eigenvalue weighted by Gasteiger charge is -2.14. The number of sulfonamides is 1. The van der Waals surface area contributed by atoms with Gasteiger partial charge in [-0.25, -0.2) is 18.4 Å². The molecule has 9 heteroatoms. The smallest absolute Gasteiger partial charge is 0.261 e. The summed E-state index contributed by atoms with van der Waals surface area (Å²) >= 11 is 0. The predicted molar refractivity (Wildman–Crippen MR) is 140 cm³/mol. The molecule has 1 unspecified atom stereocenters. The summed E-state index contributed by atoms with van der Waals surface area (Å²) in [5.41, 5.74) is 4.61. The van der Waals surface area contributed by atoms with Gasteiger partial charge in [-0.2, -0.15) is 0 Å². The number of rotatable bonds is 7. The van der Waals surface area contributed by atoms with Crippen LogP contribution in [0.25, 0.3) is 22.3 Å². The molecule has 186 valence electrons. The molecule has 3 heterocycles. The second kappa shape index (κ2) is 10.1. The first kappa shape index (κ1) is 24.0. The van der Waals surface area contributed by atoms with Crippen molar-refractivity contribution in [1.82, 2.24) is 20.3 Å². The van der Waals surface area contributed by atoms with Crippen LogP contribution < -0.4 is 10.0 Å². The Kier molecular flexibility index (Phi) is 6.73. The highest BCUT2D eigenvalue weighted by Crippen LogP contribution is 2.25. The summed E-state index contributed by atoms with van der Waals surface area (Å²) in [5.74, 6) is 0.982. The third-order valence-electron chi connectivity index (χ3n) is 6.57. The molecule has 2 aromatic carbocycles. The Bertz CT molecular complexity index is 1500. The van der Waals surface area contributed by atoms with E-state index in [2.05, 4.69) is 25.0 Å². The molecule has 2 aromatic heterocycles. The number of para-hydroxylation sites is 1. The molecule has 1 atom stereocenters. The number of carbonyl (C=O) groups excluding carboxylic acids is 1. The molecular formula is C27H29N5O3S. The fraction of sp³-hybridized carbons (Fsp3) is 0.296. The summed E-state index contributed by atoms with van der Waals surface area (Å²) in [5, 5.41) is 3.10. The number of benzene rings is 2. The summed E-state index contributed by atoms with van der Waals surface area (Å²) in [7, 11) is -3.70. The number of aromatic amines is 1. The molecule has 1 fully saturated rings. The van der Waals surface area contributed by atoms with Crippen molar-refractivity contribution in [2.24, 2.45) is 0 Å². The number of anilines is 1. The molecule has 4 aromatic rings. The average molecular weight is 504 g/mol. The Morgan fingerprint density at radius 2 is 1.86 bits per heavy atom. The largest absolute Gasteiger partial charge is 0.353 e. The normalized spacial score (nSPS) is 16.5. The summed E-state index contributed by atoms with van der Waals surface area (Å²) in [6.45, 7) is 1.86. The van der Waals surface area contributed by atoms with Crippen molar-refractivity contribution in [2.75, 3.05) is 4.72 Å². The highest BCUT2D eigenvalue weighted by Gasteiger charge is 2.18. The third-order valence-corrected chi connectivity index (χ3v) is 7.96. The van der Waals surface area contributed by atoms with E-state index in [0.29, 0.717) is 17.8 Å². The lowest BCUT2D eigenvalue weighted by Crippen LogP contribution is -2.33. The molecule has 5 rings (SSSR count). The summed E-state index contributed by atoms with van der Waals surface area (Å²) < 4.78 is 28.3. The van der Waals surface area contributed by atoms with Crippen molar-refractivity contribution < 1.29 is 13.2 Å². The Morgan fingerprint density at radius 1 is 1.06 bits per heavy atom. The van der Waals surface area contributed by atoms with Crippen LogP contribution in [0.15, 0.2) is 65.7 Å². The number of imidazole rings is 1. The summed E-state index contributed by atoms with van der Waals surface area (Å²) in [4.78, 5) is 24.4. The molecule has 0 radical (unpaired) electrons. The molecule has 1 saturated heterocycles. The van der Waals surface area contributed by atoms with Gasteiger partial charge in [0, 0.05) is 30.6 Å². The Labute approximate surface area is 210 Å². The van der Waals surface area contributed by atoms with Gasteiger partial charge in [0.25, 0.3) is 10.0 Å². The van der Waals surface area contributed by atoms with E-state index in [0.717, 1.165) is 60.1 Å². The zero-order chi connectivity index (χ0) is 25.1. The van der Waals surface area contributed by atoms with Gasteiger partial charge in [-0.3, -0.25) is 9.52 Å². The zero-order valence-electron chi connectivity index (χ0n) is 20.1. The summed E-state index contributed by atoms with van der Waals surface area (Å²) in [6, 6.07) is 16.2. The van der Waals surface area contributed by atoms with Gasteiger partial charge in [-0.05, 0) is 61.6 Å². The molecule has 0 bridgehead atoms. The lowest BCUT2D eigenvalue weighted by molar-refractivity contribution is -0.121. The molecule has 0 spiro atoms. The molecule has 8 nitrogen and oxygen atoms in total. The number of aryl methyl sites for hydroxylation is 2. The van der Waals surface area contributed by atoms with E-state index in [1.54, 1.807) is 42.6 Å². The van der Waals surface area contributed by atoms with Gasteiger partial charge < -0.3 is 10.3 Å². The standard InChI is InChI=1S/C27H29N5O3S/c1-18-6-2-4-8-23(18)32-36(34,35)22-13-10-19(11-14-22)20-16-24-27(28-17-20)31-25(30-24)15-12-21-7-3-5-9-26(33)29-21/h2,4,6,8,10-11,13-14,16-17,21,32H,3,5,7,9,12,15H2,1H3,(H,29,33)(H,28,30,31). The van der Waals surface area contributed by atoms with Crippen molar-refractivity contribution >= 4 is 32.8 Å². The van der Waals surface area contributed by atoms with Gasteiger partial charge in [0.05, 0.1) is 16.1 Å². The maximum Gasteiger partial charge on any atom is 0.261 e. The number of nitrogens with zero attached hydrogens (tertiary/aromatic N) is 2. The molecule has 3 N–H and O–H groups in total. The second-order valence-corrected chi connectivity index (χ2v) is 11.0. The van der Waals surface area contributed by atoms with Crippen LogP contribution in [-0.2, 0) is 21.2 Å². The second-order valence-electron chi connectivity index (χ2n) is 9.27. The van der Waals surface area contributed by atoms with Crippen molar-refractivity contribution in [3.8, 4) is 11.1 Å². The van der Waals surface area contributed by atoms with Crippen LogP contribution in [-0.4, -0.2) is 35.3 Å². The van der Waals surface area contributed by atoms with Crippen LogP contribution in [0.3, 0.4) is 0 Å². The molecule has 1 amide bonds. The maximum atomic E-state index is 12.8. The van der Waals surface area contributed by atoms with Gasteiger partial charge in [0.2, 0.25) is 5.91 Å². The number of hydrogen-bond donors (Lipinski definition) is 3. The average Bonchev–Trinajstić information content (AvgIpc) is 3.16. The number of aromatic nitrogens is 3. The topological polar surface area (TPSA) is 117 Å². The number of H-pyrrole nitrogens is 1. The predicted octanol–water partition coefficient (Wildman–Crippen LogP) is 4.73. The van der Waals surface area contributed by atoms with E-state index in [1.165, 1.54) is 0 Å². The number of nitrogens with one attached hydrogen (secondary N) is 3. The summed E-state index contributed by atoms with van der Waals surface area (Å²) in [6.07, 6.45) is 6.95. The van der Waals surface area contributed by atoms with Crippen LogP contribution >= 0.6 is 0 Å². The number of amides is 1. The first-order valence-electron chi connectivity index (χ1n) is 12.2. The van der Waals surface area contributed by atoms with Crippen molar-refractivity contribution in [3.63, 3.8) is 0 Å². The van der Waals surface area contributed by atoms with Gasteiger partial charge in [-0.15, -0.1) is 0 Å². The van der Waals surface area contributed by atoms with Crippen LogP contribution in [0.1, 0.15) is 43.5 Å². The SMILES string of the molecule is Cc1ccccc1NS(=O)(=O)c1ccc(-c2cnc3nc(CCC4CCCCC(=O)N4)[nH]c3c2)cc1. The van der Waals surface area contributed by atoms with E-state index in [4.69, 9.17) is 0 Å². The number of hydrogen-bond acceptors (Lipinski definition) is 5. The van der Waals surface area contributed by atoms with E-state index >= 15 is 0 Å². The van der Waals surface area contributed by atoms with Gasteiger partial charge in [0.15, 0.2) is 5.65 Å². The van der Waals surface area contributed by atoms with Crippen molar-refractivity contribution in [1.29, 1.82) is 0 Å². The highest BCUT2D eigenvalue weighted by atomic mass is 32.2. The lowest BCUT2D eigenvalue weighted by atomic mass is 10.1. The highest BCUT2D eigenvalue weighted by molar-refractivity contribution is 7.92. The molecule has 36 heavy (non-hydrogen) atoms. The number of fused-ring (bicyclic) bond motifs is 1. The van der Waals surface area contributed by atoms with Gasteiger partial charge in [-0.1, -0.05) is 36.8 Å². The van der Waals surface area contributed by atoms with Crippen molar-refractivity contribution in [2.45, 2.75) is 56.4 Å². The molecular weight excluding hydrogens is 474 g/mol. The van der Waals surface area contributed by atoms with E-state index in [-0.39, 0.29) is 16.8 Å². The number of carbonyl (C=O) groups is 1. The van der Waals surface area contributed by atoms with Crippen LogP contribution in [0, 0.1) is 6.92 Å². The fourth-order valence-corrected chi connectivity index (χ4v) is 5.65. The Morgan fingerprint density at radius 3 is 2.67 bits per heavy atom. The van der Waals surface area contributed by atoms with Crippen LogP contribution in [0.5, 0.6) is 0 Å². The quantitative estimate of drug-likeness (QED) is 0.337. The van der Waals surface area contributed by atoms with E-state index < -0.39 is 10.0 Å². The minimum atomic E-state index is -3.70. The molecule has 0 aliphatic carbocycles. The first-order chi connectivity index (χ1) is 17.4. The van der Waals surface area contributed by atoms with Gasteiger partial charge >= 0.3 is 0 Å². The van der Waals surface area contributed by atoms with Gasteiger partial charge in [0.1, 0.15) is 5.82 Å². The van der Waals surface area contributed by atoms with E-state index in [1.807, 2.05) is 25.1 Å². The monoisotopic (exact) mass is 503 g/mol. The Balaban J connectivity index is 1.29. The zero-order valence-corrected chi connectivity index (χ0v) is 20.9. The maximum absolute atomic E-state index is 12.8. The van der Waals surface area contributed by atoms with Crippen molar-refractivity contribution in [3.05, 3.63) is 72.2 Å². The minimum Gasteiger partial charge on any atom is -0.353 e. The van der Waals surface area contributed by atoms with Crippen LogP contribution in [0.2, 0.25) is 0 Å². The first-order valence-corrected chi connectivity index (χ1v) is 13.7. The van der Waals surface area contributed by atoms with E-state index in [9.17, 15) is 13.2 Å². The Hall–Kier alpha value is -3.72.